The molecule has 0 saturated carbocycles. The molecule has 1 aliphatic rings. The highest BCUT2D eigenvalue weighted by Gasteiger charge is 2.22. The Morgan fingerprint density at radius 3 is 2.89 bits per heavy atom. The van der Waals surface area contributed by atoms with E-state index in [0.29, 0.717) is 0 Å². The normalized spacial score (nSPS) is 16.6. The molecular formula is C13H17N3O3. The van der Waals surface area contributed by atoms with E-state index < -0.39 is 11.9 Å². The molecule has 1 aliphatic carbocycles. The lowest BCUT2D eigenvalue weighted by Gasteiger charge is -2.20. The van der Waals surface area contributed by atoms with Gasteiger partial charge in [-0.25, -0.2) is 9.78 Å². The highest BCUT2D eigenvalue weighted by Crippen LogP contribution is 2.20. The number of nitrogens with one attached hydrogen (secondary N) is 2. The van der Waals surface area contributed by atoms with Crippen molar-refractivity contribution in [1.82, 2.24) is 15.3 Å². The fourth-order valence-corrected chi connectivity index (χ4v) is 2.24. The first-order chi connectivity index (χ1) is 9.09. The summed E-state index contributed by atoms with van der Waals surface area (Å²) in [6.07, 6.45) is 7.70. The van der Waals surface area contributed by atoms with Gasteiger partial charge in [-0.2, -0.15) is 0 Å². The highest BCUT2D eigenvalue weighted by atomic mass is 16.4. The maximum Gasteiger partial charge on any atom is 0.354 e. The lowest BCUT2D eigenvalue weighted by molar-refractivity contribution is 0.0684. The van der Waals surface area contributed by atoms with Gasteiger partial charge in [0.2, 0.25) is 0 Å². The second-order valence-corrected chi connectivity index (χ2v) is 4.65. The zero-order chi connectivity index (χ0) is 13.8. The quantitative estimate of drug-likeness (QED) is 0.721. The van der Waals surface area contributed by atoms with E-state index in [0.717, 1.165) is 19.3 Å². The van der Waals surface area contributed by atoms with Crippen LogP contribution in [0.25, 0.3) is 0 Å². The number of carbonyl (C=O) groups excluding carboxylic acids is 1. The number of nitrogens with zero attached hydrogens (tertiary/aromatic N) is 1. The van der Waals surface area contributed by atoms with Crippen LogP contribution in [0.2, 0.25) is 0 Å². The predicted octanol–water partition coefficient (Wildman–Crippen LogP) is 1.73. The number of allylic oxidation sites excluding steroid dienone is 1. The lowest BCUT2D eigenvalue weighted by atomic mass is 9.94. The molecule has 0 radical (unpaired) electrons. The van der Waals surface area contributed by atoms with Crippen LogP contribution in [0, 0.1) is 0 Å². The van der Waals surface area contributed by atoms with E-state index >= 15 is 0 Å². The van der Waals surface area contributed by atoms with E-state index in [2.05, 4.69) is 21.4 Å². The molecule has 6 heteroatoms. The Balaban J connectivity index is 2.06. The molecule has 1 aromatic rings. The summed E-state index contributed by atoms with van der Waals surface area (Å²) in [6.45, 7) is 1.90. The number of imidazole rings is 1. The van der Waals surface area contributed by atoms with Crippen LogP contribution in [-0.2, 0) is 0 Å². The first-order valence-corrected chi connectivity index (χ1v) is 6.36. The fourth-order valence-electron chi connectivity index (χ4n) is 2.24. The lowest BCUT2D eigenvalue weighted by Crippen LogP contribution is -2.35. The molecule has 0 bridgehead atoms. The van der Waals surface area contributed by atoms with Crippen LogP contribution < -0.4 is 5.32 Å². The number of hydrogen-bond donors (Lipinski definition) is 3. The molecule has 3 N–H and O–H groups in total. The van der Waals surface area contributed by atoms with Gasteiger partial charge in [-0.3, -0.25) is 4.79 Å². The van der Waals surface area contributed by atoms with Crippen molar-refractivity contribution >= 4 is 11.9 Å². The molecule has 0 aromatic carbocycles. The van der Waals surface area contributed by atoms with Gasteiger partial charge in [-0.15, -0.1) is 0 Å². The number of rotatable bonds is 4. The summed E-state index contributed by atoms with van der Waals surface area (Å²) in [5, 5.41) is 11.7. The van der Waals surface area contributed by atoms with Crippen LogP contribution in [0.5, 0.6) is 0 Å². The molecule has 1 atom stereocenters. The van der Waals surface area contributed by atoms with E-state index in [-0.39, 0.29) is 17.4 Å². The predicted molar refractivity (Wildman–Crippen MR) is 69.0 cm³/mol. The number of aromatic amines is 1. The summed E-state index contributed by atoms with van der Waals surface area (Å²) >= 11 is 0. The Bertz CT molecular complexity index is 519. The van der Waals surface area contributed by atoms with Gasteiger partial charge in [0.1, 0.15) is 0 Å². The number of aromatic carboxylic acids is 1. The Kier molecular flexibility index (Phi) is 3.99. The molecule has 1 amide bonds. The summed E-state index contributed by atoms with van der Waals surface area (Å²) in [5.41, 5.74) is 0.949. The van der Waals surface area contributed by atoms with Gasteiger partial charge >= 0.3 is 5.97 Å². The maximum atomic E-state index is 12.0. The van der Waals surface area contributed by atoms with Gasteiger partial charge < -0.3 is 15.4 Å². The SMILES string of the molecule is C[C@H](NC(=O)c1nc[nH]c1C(=O)O)C1=CCCCC1. The molecule has 102 valence electrons. The van der Waals surface area contributed by atoms with E-state index in [9.17, 15) is 9.59 Å². The van der Waals surface area contributed by atoms with Gasteiger partial charge in [-0.1, -0.05) is 11.6 Å². The highest BCUT2D eigenvalue weighted by molar-refractivity contribution is 6.02. The fraction of sp³-hybridized carbons (Fsp3) is 0.462. The monoisotopic (exact) mass is 263 g/mol. The zero-order valence-electron chi connectivity index (χ0n) is 10.8. The minimum atomic E-state index is -1.19. The average molecular weight is 263 g/mol. The molecule has 0 fully saturated rings. The van der Waals surface area contributed by atoms with Crippen LogP contribution in [0.3, 0.4) is 0 Å². The van der Waals surface area contributed by atoms with Crippen molar-refractivity contribution in [3.05, 3.63) is 29.4 Å². The summed E-state index contributed by atoms with van der Waals surface area (Å²) in [4.78, 5) is 29.1. The molecule has 1 aromatic heterocycles. The van der Waals surface area contributed by atoms with Gasteiger partial charge in [0, 0.05) is 6.04 Å². The van der Waals surface area contributed by atoms with Crippen LogP contribution >= 0.6 is 0 Å². The molecule has 0 unspecified atom stereocenters. The van der Waals surface area contributed by atoms with Crippen molar-refractivity contribution in [2.45, 2.75) is 38.6 Å². The van der Waals surface area contributed by atoms with Gasteiger partial charge in [0.05, 0.1) is 6.33 Å². The van der Waals surface area contributed by atoms with E-state index in [1.165, 1.54) is 18.3 Å². The first-order valence-electron chi connectivity index (χ1n) is 6.36. The summed E-state index contributed by atoms with van der Waals surface area (Å²) in [5.74, 6) is -1.65. The van der Waals surface area contributed by atoms with Crippen LogP contribution in [0.15, 0.2) is 18.0 Å². The molecule has 19 heavy (non-hydrogen) atoms. The summed E-state index contributed by atoms with van der Waals surface area (Å²) in [7, 11) is 0. The number of H-pyrrole nitrogens is 1. The average Bonchev–Trinajstić information content (AvgIpc) is 2.89. The molecule has 0 saturated heterocycles. The third kappa shape index (κ3) is 3.01. The number of carboxylic acid groups (broad SMARTS) is 1. The largest absolute Gasteiger partial charge is 0.477 e. The Morgan fingerprint density at radius 2 is 2.26 bits per heavy atom. The molecule has 0 spiro atoms. The maximum absolute atomic E-state index is 12.0. The number of carbonyl (C=O) groups is 2. The third-order valence-electron chi connectivity index (χ3n) is 3.30. The molecular weight excluding hydrogens is 246 g/mol. The molecule has 2 rings (SSSR count). The summed E-state index contributed by atoms with van der Waals surface area (Å²) in [6, 6.07) is -0.0915. The van der Waals surface area contributed by atoms with Crippen molar-refractivity contribution < 1.29 is 14.7 Å². The molecule has 6 nitrogen and oxygen atoms in total. The molecule has 1 heterocycles. The third-order valence-corrected chi connectivity index (χ3v) is 3.30. The van der Waals surface area contributed by atoms with E-state index in [1.807, 2.05) is 6.92 Å². The van der Waals surface area contributed by atoms with Crippen LogP contribution in [-0.4, -0.2) is 33.0 Å². The minimum Gasteiger partial charge on any atom is -0.477 e. The van der Waals surface area contributed by atoms with Crippen molar-refractivity contribution in [2.24, 2.45) is 0 Å². The standard InChI is InChI=1S/C13H17N3O3/c1-8(9-5-3-2-4-6-9)16-12(17)10-11(13(18)19)15-7-14-10/h5,7-8H,2-4,6H2,1H3,(H,14,15)(H,16,17)(H,18,19)/t8-/m0/s1. The van der Waals surface area contributed by atoms with Crippen LogP contribution in [0.4, 0.5) is 0 Å². The number of aromatic nitrogens is 2. The first kappa shape index (κ1) is 13.3. The Labute approximate surface area is 110 Å². The van der Waals surface area contributed by atoms with Gasteiger partial charge in [-0.05, 0) is 32.6 Å². The number of amides is 1. The van der Waals surface area contributed by atoms with Crippen molar-refractivity contribution in [3.8, 4) is 0 Å². The second kappa shape index (κ2) is 5.69. The van der Waals surface area contributed by atoms with Gasteiger partial charge in [0.25, 0.3) is 5.91 Å². The molecule has 0 aliphatic heterocycles. The second-order valence-electron chi connectivity index (χ2n) is 4.65. The smallest absolute Gasteiger partial charge is 0.354 e. The van der Waals surface area contributed by atoms with Crippen LogP contribution in [0.1, 0.15) is 53.6 Å². The Hall–Kier alpha value is -2.11. The summed E-state index contributed by atoms with van der Waals surface area (Å²) < 4.78 is 0. The number of hydrogen-bond acceptors (Lipinski definition) is 3. The van der Waals surface area contributed by atoms with E-state index in [1.54, 1.807) is 0 Å². The topological polar surface area (TPSA) is 95.1 Å². The van der Waals surface area contributed by atoms with Crippen molar-refractivity contribution in [3.63, 3.8) is 0 Å². The van der Waals surface area contributed by atoms with Crippen molar-refractivity contribution in [2.75, 3.05) is 0 Å². The van der Waals surface area contributed by atoms with E-state index in [4.69, 9.17) is 5.11 Å². The number of carboxylic acids is 1. The Morgan fingerprint density at radius 1 is 1.47 bits per heavy atom. The van der Waals surface area contributed by atoms with Gasteiger partial charge in [0.15, 0.2) is 11.4 Å². The van der Waals surface area contributed by atoms with Crippen molar-refractivity contribution in [1.29, 1.82) is 0 Å². The minimum absolute atomic E-state index is 0.0734. The zero-order valence-corrected chi connectivity index (χ0v) is 10.8.